The average molecular weight is 383 g/mol. The minimum atomic E-state index is -0.938. The Hall–Kier alpha value is -2.75. The van der Waals surface area contributed by atoms with E-state index in [1.165, 1.54) is 12.8 Å². The predicted molar refractivity (Wildman–Crippen MR) is 104 cm³/mol. The van der Waals surface area contributed by atoms with Gasteiger partial charge < -0.3 is 19.1 Å². The molecule has 0 saturated heterocycles. The first kappa shape index (κ1) is 18.6. The van der Waals surface area contributed by atoms with E-state index < -0.39 is 11.2 Å². The minimum Gasteiger partial charge on any atom is -0.493 e. The summed E-state index contributed by atoms with van der Waals surface area (Å²) in [4.78, 5) is 11.1. The third kappa shape index (κ3) is 3.39. The molecule has 3 aliphatic rings. The topological polar surface area (TPSA) is 85.4 Å². The van der Waals surface area contributed by atoms with Crippen molar-refractivity contribution in [2.45, 2.75) is 69.7 Å². The molecule has 2 atom stereocenters. The molecule has 0 bridgehead atoms. The van der Waals surface area contributed by atoms with Gasteiger partial charge >= 0.3 is 0 Å². The summed E-state index contributed by atoms with van der Waals surface area (Å²) < 4.78 is 11.7. The van der Waals surface area contributed by atoms with E-state index in [0.29, 0.717) is 18.6 Å². The highest BCUT2D eigenvalue weighted by Gasteiger charge is 2.47. The van der Waals surface area contributed by atoms with Crippen LogP contribution in [-0.4, -0.2) is 35.8 Å². The Labute approximate surface area is 164 Å². The van der Waals surface area contributed by atoms with E-state index in [1.54, 1.807) is 14.0 Å². The van der Waals surface area contributed by atoms with E-state index in [2.05, 4.69) is 16.4 Å². The van der Waals surface area contributed by atoms with Gasteiger partial charge in [-0.1, -0.05) is 10.3 Å². The molecule has 0 radical (unpaired) electrons. The van der Waals surface area contributed by atoms with E-state index in [1.807, 2.05) is 25.1 Å². The first-order chi connectivity index (χ1) is 13.4. The van der Waals surface area contributed by atoms with Crippen molar-refractivity contribution in [3.8, 4) is 17.6 Å². The number of methoxy groups -OCH3 is 1. The number of ether oxygens (including phenoxy) is 2. The maximum atomic E-state index is 9.25. The van der Waals surface area contributed by atoms with Gasteiger partial charge in [0, 0.05) is 18.4 Å². The summed E-state index contributed by atoms with van der Waals surface area (Å²) in [5.41, 5.74) is 0.796. The standard InChI is InChI=1S/C21H25N3O4/c1-20(13-22)12-19(24-27-20)21(2)11-16(23-28-21)14-8-9-17(25-3)18(10-14)26-15-6-4-5-7-15/h8-10,15H,4-7,11-12H2,1-3H3. The Morgan fingerprint density at radius 1 is 1.11 bits per heavy atom. The lowest BCUT2D eigenvalue weighted by Gasteiger charge is -2.21. The summed E-state index contributed by atoms with van der Waals surface area (Å²) in [6.07, 6.45) is 5.76. The fourth-order valence-electron chi connectivity index (χ4n) is 3.87. The van der Waals surface area contributed by atoms with Gasteiger partial charge in [-0.25, -0.2) is 0 Å². The maximum Gasteiger partial charge on any atom is 0.224 e. The molecule has 0 spiro atoms. The van der Waals surface area contributed by atoms with Crippen LogP contribution in [0.4, 0.5) is 0 Å². The van der Waals surface area contributed by atoms with Crippen molar-refractivity contribution in [3.05, 3.63) is 23.8 Å². The first-order valence-corrected chi connectivity index (χ1v) is 9.72. The second kappa shape index (κ2) is 7.01. The smallest absolute Gasteiger partial charge is 0.224 e. The quantitative estimate of drug-likeness (QED) is 0.768. The summed E-state index contributed by atoms with van der Waals surface area (Å²) in [6, 6.07) is 7.98. The molecule has 7 heteroatoms. The summed E-state index contributed by atoms with van der Waals surface area (Å²) in [5, 5.41) is 17.7. The summed E-state index contributed by atoms with van der Waals surface area (Å²) in [7, 11) is 1.65. The van der Waals surface area contributed by atoms with Gasteiger partial charge in [-0.3, -0.25) is 0 Å². The zero-order valence-electron chi connectivity index (χ0n) is 16.5. The Morgan fingerprint density at radius 2 is 1.89 bits per heavy atom. The number of benzene rings is 1. The van der Waals surface area contributed by atoms with Crippen LogP contribution in [0.2, 0.25) is 0 Å². The first-order valence-electron chi connectivity index (χ1n) is 9.72. The number of hydrogen-bond acceptors (Lipinski definition) is 7. The second-order valence-corrected chi connectivity index (χ2v) is 8.08. The fraction of sp³-hybridized carbons (Fsp3) is 0.571. The van der Waals surface area contributed by atoms with Gasteiger partial charge in [0.15, 0.2) is 17.1 Å². The van der Waals surface area contributed by atoms with Crippen LogP contribution in [-0.2, 0) is 9.68 Å². The molecular formula is C21H25N3O4. The fourth-order valence-corrected chi connectivity index (χ4v) is 3.87. The van der Waals surface area contributed by atoms with Gasteiger partial charge in [0.2, 0.25) is 5.60 Å². The largest absolute Gasteiger partial charge is 0.493 e. The molecule has 1 aromatic carbocycles. The number of nitrogens with zero attached hydrogens (tertiary/aromatic N) is 3. The summed E-state index contributed by atoms with van der Waals surface area (Å²) in [5.74, 6) is 1.46. The molecule has 148 valence electrons. The van der Waals surface area contributed by atoms with Crippen molar-refractivity contribution in [2.75, 3.05) is 7.11 Å². The van der Waals surface area contributed by atoms with Crippen molar-refractivity contribution in [2.24, 2.45) is 10.3 Å². The summed E-state index contributed by atoms with van der Waals surface area (Å²) >= 11 is 0. The van der Waals surface area contributed by atoms with E-state index in [0.717, 1.165) is 35.6 Å². The van der Waals surface area contributed by atoms with Gasteiger partial charge in [0.05, 0.1) is 18.9 Å². The van der Waals surface area contributed by atoms with Gasteiger partial charge in [-0.15, -0.1) is 0 Å². The molecule has 28 heavy (non-hydrogen) atoms. The molecule has 1 saturated carbocycles. The van der Waals surface area contributed by atoms with Gasteiger partial charge in [0.1, 0.15) is 11.8 Å². The highest BCUT2D eigenvalue weighted by molar-refractivity contribution is 6.07. The molecule has 1 aromatic rings. The van der Waals surface area contributed by atoms with Crippen LogP contribution in [0, 0.1) is 11.3 Å². The van der Waals surface area contributed by atoms with Crippen LogP contribution in [0.5, 0.6) is 11.5 Å². The molecule has 0 aromatic heterocycles. The van der Waals surface area contributed by atoms with Crippen LogP contribution >= 0.6 is 0 Å². The highest BCUT2D eigenvalue weighted by atomic mass is 16.7. The van der Waals surface area contributed by atoms with E-state index in [9.17, 15) is 5.26 Å². The van der Waals surface area contributed by atoms with Crippen LogP contribution < -0.4 is 9.47 Å². The van der Waals surface area contributed by atoms with Crippen molar-refractivity contribution < 1.29 is 19.1 Å². The van der Waals surface area contributed by atoms with Crippen LogP contribution in [0.1, 0.15) is 57.9 Å². The second-order valence-electron chi connectivity index (χ2n) is 8.08. The van der Waals surface area contributed by atoms with Gasteiger partial charge in [-0.2, -0.15) is 5.26 Å². The van der Waals surface area contributed by atoms with Crippen molar-refractivity contribution in [1.82, 2.24) is 0 Å². The molecule has 2 unspecified atom stereocenters. The van der Waals surface area contributed by atoms with E-state index >= 15 is 0 Å². The molecule has 2 heterocycles. The Balaban J connectivity index is 1.51. The zero-order valence-corrected chi connectivity index (χ0v) is 16.5. The lowest BCUT2D eigenvalue weighted by molar-refractivity contribution is 0.0413. The Morgan fingerprint density at radius 3 is 2.57 bits per heavy atom. The number of hydrogen-bond donors (Lipinski definition) is 0. The third-order valence-corrected chi connectivity index (χ3v) is 5.66. The average Bonchev–Trinajstić information content (AvgIpc) is 3.43. The SMILES string of the molecule is COc1ccc(C2=NOC(C)(C3=NOC(C)(C#N)C3)C2)cc1OC1CCCC1. The van der Waals surface area contributed by atoms with Crippen molar-refractivity contribution in [3.63, 3.8) is 0 Å². The van der Waals surface area contributed by atoms with E-state index in [-0.39, 0.29) is 6.10 Å². The molecule has 0 amide bonds. The van der Waals surface area contributed by atoms with Crippen molar-refractivity contribution in [1.29, 1.82) is 5.26 Å². The molecular weight excluding hydrogens is 358 g/mol. The van der Waals surface area contributed by atoms with Gasteiger partial charge in [0.25, 0.3) is 0 Å². The van der Waals surface area contributed by atoms with E-state index in [4.69, 9.17) is 19.1 Å². The Bertz CT molecular complexity index is 869. The van der Waals surface area contributed by atoms with Gasteiger partial charge in [-0.05, 0) is 57.7 Å². The minimum absolute atomic E-state index is 0.241. The van der Waals surface area contributed by atoms with Crippen molar-refractivity contribution >= 4 is 11.4 Å². The third-order valence-electron chi connectivity index (χ3n) is 5.66. The van der Waals surface area contributed by atoms with Crippen LogP contribution in [0.25, 0.3) is 0 Å². The zero-order chi connectivity index (χ0) is 19.8. The highest BCUT2D eigenvalue weighted by Crippen LogP contribution is 2.37. The monoisotopic (exact) mass is 383 g/mol. The molecule has 1 aliphatic carbocycles. The molecule has 1 fully saturated rings. The normalized spacial score (nSPS) is 29.5. The molecule has 0 N–H and O–H groups in total. The molecule has 4 rings (SSSR count). The molecule has 7 nitrogen and oxygen atoms in total. The number of oxime groups is 2. The lowest BCUT2D eigenvalue weighted by atomic mass is 9.86. The summed E-state index contributed by atoms with van der Waals surface area (Å²) in [6.45, 7) is 3.65. The number of nitriles is 1. The predicted octanol–water partition coefficient (Wildman–Crippen LogP) is 3.96. The maximum absolute atomic E-state index is 9.25. The lowest BCUT2D eigenvalue weighted by Crippen LogP contribution is -2.37. The van der Waals surface area contributed by atoms with Crippen LogP contribution in [0.3, 0.4) is 0 Å². The molecule has 2 aliphatic heterocycles. The Kier molecular flexibility index (Phi) is 4.66. The van der Waals surface area contributed by atoms with Crippen LogP contribution in [0.15, 0.2) is 28.5 Å². The number of rotatable bonds is 5.